The Morgan fingerprint density at radius 3 is 2.14 bits per heavy atom. The number of hydrogen-bond donors (Lipinski definition) is 0. The fourth-order valence-electron chi connectivity index (χ4n) is 0.933. The van der Waals surface area contributed by atoms with Crippen LogP contribution in [0.15, 0.2) is 12.4 Å². The van der Waals surface area contributed by atoms with E-state index in [9.17, 15) is 0 Å². The number of rotatable bonds is 1. The van der Waals surface area contributed by atoms with Gasteiger partial charge in [-0.15, -0.1) is 0 Å². The van der Waals surface area contributed by atoms with Crippen LogP contribution in [-0.2, 0) is 23.7 Å². The lowest BCUT2D eigenvalue weighted by Gasteiger charge is -1.90. The molecule has 1 rings (SSSR count). The summed E-state index contributed by atoms with van der Waals surface area (Å²) in [5.74, 6) is 1.30. The first-order valence-electron chi connectivity index (χ1n) is 4.18. The summed E-state index contributed by atoms with van der Waals surface area (Å²) in [4.78, 5) is 0. The molecule has 0 atom stereocenters. The number of nitrogens with zero attached hydrogens (tertiary/aromatic N) is 2. The lowest BCUT2D eigenvalue weighted by atomic mass is 10.6. The zero-order valence-electron chi connectivity index (χ0n) is 8.89. The minimum absolute atomic E-state index is 0.604. The van der Waals surface area contributed by atoms with Crippen molar-refractivity contribution in [3.05, 3.63) is 18.2 Å². The maximum absolute atomic E-state index is 9.08. The highest BCUT2D eigenvalue weighted by atomic mass is 32.2. The summed E-state index contributed by atoms with van der Waals surface area (Å²) in [6.45, 7) is 5.32. The van der Waals surface area contributed by atoms with Crippen LogP contribution in [0.5, 0.6) is 0 Å². The molecule has 0 fully saturated rings. The van der Waals surface area contributed by atoms with Gasteiger partial charge in [0.25, 0.3) is 5.82 Å². The second kappa shape index (κ2) is 5.11. The Hall–Kier alpha value is -0.880. The van der Waals surface area contributed by atoms with E-state index in [1.165, 1.54) is 5.82 Å². The normalized spacial score (nSPS) is 10.6. The van der Waals surface area contributed by atoms with Crippen LogP contribution < -0.4 is 4.57 Å². The van der Waals surface area contributed by atoms with E-state index in [0.29, 0.717) is 6.26 Å². The molecule has 0 saturated carbocycles. The van der Waals surface area contributed by atoms with Crippen LogP contribution >= 0.6 is 0 Å². The van der Waals surface area contributed by atoms with Crippen molar-refractivity contribution in [1.82, 2.24) is 4.57 Å². The van der Waals surface area contributed by atoms with Gasteiger partial charge in [0.2, 0.25) is 0 Å². The van der Waals surface area contributed by atoms with Crippen molar-refractivity contribution in [1.29, 1.82) is 0 Å². The molecule has 5 nitrogen and oxygen atoms in total. The molecule has 1 heterocycles. The average molecular weight is 220 g/mol. The van der Waals surface area contributed by atoms with Crippen molar-refractivity contribution < 1.29 is 17.5 Å². The molecule has 0 aliphatic heterocycles. The summed E-state index contributed by atoms with van der Waals surface area (Å²) in [6, 6.07) is 0. The first-order chi connectivity index (χ1) is 6.25. The average Bonchev–Trinajstić information content (AvgIpc) is 2.30. The van der Waals surface area contributed by atoms with Gasteiger partial charge in [-0.25, -0.2) is 17.6 Å². The molecule has 6 heteroatoms. The van der Waals surface area contributed by atoms with Crippen LogP contribution in [0.1, 0.15) is 12.7 Å². The van der Waals surface area contributed by atoms with Crippen molar-refractivity contribution in [3.8, 4) is 0 Å². The van der Waals surface area contributed by atoms with Crippen LogP contribution in [0.2, 0.25) is 0 Å². The summed E-state index contributed by atoms with van der Waals surface area (Å²) < 4.78 is 31.6. The number of aryl methyl sites for hydroxylation is 2. The van der Waals surface area contributed by atoms with Gasteiger partial charge >= 0.3 is 0 Å². The Kier molecular flexibility index (Phi) is 4.79. The van der Waals surface area contributed by atoms with Gasteiger partial charge in [-0.05, 0) is 6.92 Å². The Balaban J connectivity index is 0.000000292. The first kappa shape index (κ1) is 13.1. The van der Waals surface area contributed by atoms with E-state index in [4.69, 9.17) is 13.0 Å². The molecule has 0 radical (unpaired) electrons. The summed E-state index contributed by atoms with van der Waals surface area (Å²) in [5.41, 5.74) is 0. The summed E-state index contributed by atoms with van der Waals surface area (Å²) in [5, 5.41) is 0. The summed E-state index contributed by atoms with van der Waals surface area (Å²) in [7, 11) is -1.86. The van der Waals surface area contributed by atoms with E-state index in [0.717, 1.165) is 6.54 Å². The van der Waals surface area contributed by atoms with Crippen molar-refractivity contribution in [2.45, 2.75) is 20.4 Å². The zero-order valence-corrected chi connectivity index (χ0v) is 9.71. The SMILES string of the molecule is CCn1cc[n+](C)c1C.CS(=O)(=O)[O-]. The maximum Gasteiger partial charge on any atom is 0.252 e. The summed E-state index contributed by atoms with van der Waals surface area (Å²) >= 11 is 0. The molecule has 0 aliphatic carbocycles. The molecule has 0 aromatic carbocycles. The molecule has 0 saturated heterocycles. The second-order valence-electron chi connectivity index (χ2n) is 2.95. The molecule has 0 spiro atoms. The van der Waals surface area contributed by atoms with Crippen molar-refractivity contribution in [3.63, 3.8) is 0 Å². The zero-order chi connectivity index (χ0) is 11.4. The molecule has 1 aromatic heterocycles. The topological polar surface area (TPSA) is 66.0 Å². The monoisotopic (exact) mass is 220 g/mol. The lowest BCUT2D eigenvalue weighted by Crippen LogP contribution is -2.29. The van der Waals surface area contributed by atoms with Gasteiger partial charge in [0, 0.05) is 13.2 Å². The van der Waals surface area contributed by atoms with Gasteiger partial charge in [-0.1, -0.05) is 0 Å². The first-order valence-corrected chi connectivity index (χ1v) is 5.99. The minimum atomic E-state index is -3.92. The Morgan fingerprint density at radius 1 is 1.57 bits per heavy atom. The number of hydrogen-bond acceptors (Lipinski definition) is 3. The van der Waals surface area contributed by atoms with E-state index in [1.54, 1.807) is 0 Å². The Labute approximate surface area is 84.7 Å². The fourth-order valence-corrected chi connectivity index (χ4v) is 0.933. The van der Waals surface area contributed by atoms with Crippen LogP contribution in [0.4, 0.5) is 0 Å². The molecule has 0 aliphatic rings. The van der Waals surface area contributed by atoms with Crippen LogP contribution in [0, 0.1) is 6.92 Å². The fraction of sp³-hybridized carbons (Fsp3) is 0.625. The van der Waals surface area contributed by atoms with Crippen molar-refractivity contribution in [2.24, 2.45) is 7.05 Å². The largest absolute Gasteiger partial charge is 0.748 e. The van der Waals surface area contributed by atoms with Crippen LogP contribution in [0.3, 0.4) is 0 Å². The highest BCUT2D eigenvalue weighted by Gasteiger charge is 2.03. The van der Waals surface area contributed by atoms with Gasteiger partial charge in [0.1, 0.15) is 12.4 Å². The maximum atomic E-state index is 9.08. The molecule has 14 heavy (non-hydrogen) atoms. The molecule has 0 bridgehead atoms. The quantitative estimate of drug-likeness (QED) is 0.486. The predicted molar refractivity (Wildman–Crippen MR) is 51.6 cm³/mol. The smallest absolute Gasteiger partial charge is 0.252 e. The van der Waals surface area contributed by atoms with E-state index in [-0.39, 0.29) is 0 Å². The molecular weight excluding hydrogens is 204 g/mol. The number of imidazole rings is 1. The molecular formula is C8H16N2O3S. The third kappa shape index (κ3) is 5.71. The molecule has 82 valence electrons. The standard InChI is InChI=1S/C7H13N2.CH4O3S/c1-4-9-6-5-8(3)7(9)2;1-5(2,3)4/h5-6H,4H2,1-3H3;1H3,(H,2,3,4)/q+1;/p-1. The Bertz CT molecular complexity index is 373. The van der Waals surface area contributed by atoms with Crippen molar-refractivity contribution >= 4 is 10.1 Å². The van der Waals surface area contributed by atoms with Gasteiger partial charge in [-0.3, -0.25) is 0 Å². The highest BCUT2D eigenvalue weighted by molar-refractivity contribution is 7.84. The van der Waals surface area contributed by atoms with E-state index < -0.39 is 10.1 Å². The second-order valence-corrected chi connectivity index (χ2v) is 4.35. The van der Waals surface area contributed by atoms with E-state index in [2.05, 4.69) is 42.4 Å². The Morgan fingerprint density at radius 2 is 2.00 bits per heavy atom. The third-order valence-corrected chi connectivity index (χ3v) is 1.74. The predicted octanol–water partition coefficient (Wildman–Crippen LogP) is -0.198. The lowest BCUT2D eigenvalue weighted by molar-refractivity contribution is -0.677. The molecule has 0 N–H and O–H groups in total. The minimum Gasteiger partial charge on any atom is -0.748 e. The molecule has 0 amide bonds. The highest BCUT2D eigenvalue weighted by Crippen LogP contribution is 1.89. The van der Waals surface area contributed by atoms with Crippen molar-refractivity contribution in [2.75, 3.05) is 6.26 Å². The van der Waals surface area contributed by atoms with Gasteiger partial charge in [0.15, 0.2) is 0 Å². The van der Waals surface area contributed by atoms with E-state index in [1.807, 2.05) is 0 Å². The molecule has 0 unspecified atom stereocenters. The van der Waals surface area contributed by atoms with Gasteiger partial charge in [0.05, 0.1) is 23.7 Å². The van der Waals surface area contributed by atoms with Crippen LogP contribution in [0.25, 0.3) is 0 Å². The summed E-state index contributed by atoms with van der Waals surface area (Å²) in [6.07, 6.45) is 4.77. The number of aromatic nitrogens is 2. The van der Waals surface area contributed by atoms with E-state index >= 15 is 0 Å². The van der Waals surface area contributed by atoms with Crippen LogP contribution in [-0.4, -0.2) is 23.8 Å². The van der Waals surface area contributed by atoms with Gasteiger partial charge in [-0.2, -0.15) is 0 Å². The third-order valence-electron chi connectivity index (χ3n) is 1.74. The molecule has 1 aromatic rings. The van der Waals surface area contributed by atoms with Gasteiger partial charge < -0.3 is 4.55 Å².